The van der Waals surface area contributed by atoms with E-state index >= 15 is 0 Å². The summed E-state index contributed by atoms with van der Waals surface area (Å²) in [4.78, 5) is 0. The maximum atomic E-state index is 9.31. The Morgan fingerprint density at radius 2 is 1.60 bits per heavy atom. The van der Waals surface area contributed by atoms with Gasteiger partial charge in [-0.1, -0.05) is 31.2 Å². The molecule has 0 fully saturated rings. The van der Waals surface area contributed by atoms with E-state index in [0.717, 1.165) is 0 Å². The van der Waals surface area contributed by atoms with E-state index in [4.69, 9.17) is 0 Å². The first-order chi connectivity index (χ1) is 4.72. The average Bonchev–Trinajstić information content (AvgIpc) is 1.89. The summed E-state index contributed by atoms with van der Waals surface area (Å²) >= 11 is 0. The summed E-state index contributed by atoms with van der Waals surface area (Å²) in [5.74, 6) is 0.223. The Balaban J connectivity index is 3.81. The quantitative estimate of drug-likeness (QED) is 0.595. The molecule has 1 heteroatoms. The van der Waals surface area contributed by atoms with E-state index in [2.05, 4.69) is 0 Å². The van der Waals surface area contributed by atoms with Crippen LogP contribution in [0, 0.1) is 5.92 Å². The van der Waals surface area contributed by atoms with E-state index in [-0.39, 0.29) is 12.0 Å². The van der Waals surface area contributed by atoms with E-state index in [9.17, 15) is 5.11 Å². The van der Waals surface area contributed by atoms with Crippen molar-refractivity contribution in [2.45, 2.75) is 26.9 Å². The molecule has 0 radical (unpaired) electrons. The highest BCUT2D eigenvalue weighted by Gasteiger charge is 2.04. The van der Waals surface area contributed by atoms with Gasteiger partial charge in [0.1, 0.15) is 0 Å². The van der Waals surface area contributed by atoms with Gasteiger partial charge < -0.3 is 5.11 Å². The van der Waals surface area contributed by atoms with Gasteiger partial charge in [-0.3, -0.25) is 0 Å². The fourth-order valence-electron chi connectivity index (χ4n) is 0.790. The largest absolute Gasteiger partial charge is 0.388 e. The first kappa shape index (κ1) is 9.44. The topological polar surface area (TPSA) is 20.2 Å². The van der Waals surface area contributed by atoms with E-state index in [1.54, 1.807) is 6.08 Å². The van der Waals surface area contributed by atoms with Crippen LogP contribution in [0.2, 0.25) is 0 Å². The summed E-state index contributed by atoms with van der Waals surface area (Å²) in [5, 5.41) is 9.31. The molecule has 2 atom stereocenters. The molecule has 0 rings (SSSR count). The van der Waals surface area contributed by atoms with E-state index in [1.165, 1.54) is 0 Å². The van der Waals surface area contributed by atoms with Crippen molar-refractivity contribution in [2.24, 2.45) is 5.92 Å². The molecule has 10 heavy (non-hydrogen) atoms. The highest BCUT2D eigenvalue weighted by atomic mass is 16.3. The highest BCUT2D eigenvalue weighted by molar-refractivity contribution is 4.96. The molecule has 0 aromatic rings. The lowest BCUT2D eigenvalue weighted by atomic mass is 10.0. The molecule has 0 aromatic heterocycles. The van der Waals surface area contributed by atoms with Crippen LogP contribution in [0.1, 0.15) is 20.8 Å². The summed E-state index contributed by atoms with van der Waals surface area (Å²) in [5.41, 5.74) is 0. The Hall–Kier alpha value is -0.560. The summed E-state index contributed by atoms with van der Waals surface area (Å²) in [6.07, 6.45) is 7.28. The Morgan fingerprint density at radius 1 is 1.10 bits per heavy atom. The minimum Gasteiger partial charge on any atom is -0.388 e. The van der Waals surface area contributed by atoms with Crippen LogP contribution < -0.4 is 0 Å². The standard InChI is InChI=1S/C9H16O/c1-4-6-8(3)9(10)7-5-2/h4-10H,1-3H3/b6-4-,7-5+/t8-,9-/m0/s1. The normalized spacial score (nSPS) is 18.4. The van der Waals surface area contributed by atoms with Crippen molar-refractivity contribution in [1.82, 2.24) is 0 Å². The summed E-state index contributed by atoms with van der Waals surface area (Å²) in [6.45, 7) is 5.86. The second-order valence-corrected chi connectivity index (χ2v) is 2.40. The zero-order chi connectivity index (χ0) is 7.98. The smallest absolute Gasteiger partial charge is 0.0780 e. The van der Waals surface area contributed by atoms with Crippen LogP contribution in [-0.2, 0) is 0 Å². The monoisotopic (exact) mass is 140 g/mol. The second kappa shape index (κ2) is 5.24. The van der Waals surface area contributed by atoms with Crippen molar-refractivity contribution in [3.05, 3.63) is 24.3 Å². The van der Waals surface area contributed by atoms with Crippen LogP contribution in [0.15, 0.2) is 24.3 Å². The molecule has 0 heterocycles. The third kappa shape index (κ3) is 3.46. The first-order valence-corrected chi connectivity index (χ1v) is 3.66. The molecule has 1 nitrogen and oxygen atoms in total. The molecule has 0 saturated carbocycles. The van der Waals surface area contributed by atoms with E-state index in [1.807, 2.05) is 39.0 Å². The molecule has 0 saturated heterocycles. The fourth-order valence-corrected chi connectivity index (χ4v) is 0.790. The van der Waals surface area contributed by atoms with Crippen LogP contribution in [0.25, 0.3) is 0 Å². The van der Waals surface area contributed by atoms with Crippen molar-refractivity contribution in [1.29, 1.82) is 0 Å². The number of aliphatic hydroxyl groups excluding tert-OH is 1. The van der Waals surface area contributed by atoms with Crippen LogP contribution in [0.4, 0.5) is 0 Å². The second-order valence-electron chi connectivity index (χ2n) is 2.40. The molecule has 0 aliphatic carbocycles. The number of rotatable bonds is 3. The molecule has 0 unspecified atom stereocenters. The molecule has 1 N–H and O–H groups in total. The first-order valence-electron chi connectivity index (χ1n) is 3.66. The van der Waals surface area contributed by atoms with Crippen LogP contribution in [0.5, 0.6) is 0 Å². The zero-order valence-corrected chi connectivity index (χ0v) is 6.91. The maximum Gasteiger partial charge on any atom is 0.0780 e. The summed E-state index contributed by atoms with van der Waals surface area (Å²) < 4.78 is 0. The molecule has 0 amide bonds. The number of hydrogen-bond donors (Lipinski definition) is 1. The third-order valence-corrected chi connectivity index (χ3v) is 1.42. The average molecular weight is 140 g/mol. The molecule has 0 aliphatic heterocycles. The van der Waals surface area contributed by atoms with Crippen molar-refractivity contribution < 1.29 is 5.11 Å². The highest BCUT2D eigenvalue weighted by Crippen LogP contribution is 2.05. The SMILES string of the molecule is C/C=C\[C@H](C)[C@@H](O)/C=C/C. The van der Waals surface area contributed by atoms with Crippen molar-refractivity contribution in [3.8, 4) is 0 Å². The zero-order valence-electron chi connectivity index (χ0n) is 6.91. The number of hydrogen-bond acceptors (Lipinski definition) is 1. The molecule has 0 aliphatic rings. The lowest BCUT2D eigenvalue weighted by molar-refractivity contribution is 0.185. The van der Waals surface area contributed by atoms with Gasteiger partial charge in [0.2, 0.25) is 0 Å². The molecule has 0 bridgehead atoms. The van der Waals surface area contributed by atoms with Gasteiger partial charge in [-0.2, -0.15) is 0 Å². The molecule has 0 aromatic carbocycles. The summed E-state index contributed by atoms with van der Waals surface area (Å²) in [7, 11) is 0. The van der Waals surface area contributed by atoms with Crippen LogP contribution >= 0.6 is 0 Å². The van der Waals surface area contributed by atoms with Gasteiger partial charge in [-0.05, 0) is 13.8 Å². The van der Waals surface area contributed by atoms with Gasteiger partial charge in [0.25, 0.3) is 0 Å². The van der Waals surface area contributed by atoms with Crippen LogP contribution in [-0.4, -0.2) is 11.2 Å². The predicted molar refractivity (Wildman–Crippen MR) is 44.8 cm³/mol. The van der Waals surface area contributed by atoms with Gasteiger partial charge in [0.15, 0.2) is 0 Å². The fraction of sp³-hybridized carbons (Fsp3) is 0.556. The van der Waals surface area contributed by atoms with Gasteiger partial charge in [0.05, 0.1) is 6.10 Å². The Kier molecular flexibility index (Phi) is 4.95. The van der Waals surface area contributed by atoms with Crippen molar-refractivity contribution >= 4 is 0 Å². The van der Waals surface area contributed by atoms with E-state index < -0.39 is 0 Å². The molecular weight excluding hydrogens is 124 g/mol. The minimum atomic E-state index is -0.332. The van der Waals surface area contributed by atoms with Gasteiger partial charge in [-0.15, -0.1) is 0 Å². The summed E-state index contributed by atoms with van der Waals surface area (Å²) in [6, 6.07) is 0. The molecule has 58 valence electrons. The molecular formula is C9H16O. The van der Waals surface area contributed by atoms with Gasteiger partial charge >= 0.3 is 0 Å². The number of allylic oxidation sites excluding steroid dienone is 2. The van der Waals surface area contributed by atoms with Crippen LogP contribution in [0.3, 0.4) is 0 Å². The van der Waals surface area contributed by atoms with Crippen molar-refractivity contribution in [2.75, 3.05) is 0 Å². The van der Waals surface area contributed by atoms with Gasteiger partial charge in [-0.25, -0.2) is 0 Å². The Bertz CT molecular complexity index is 109. The molecule has 0 spiro atoms. The Labute approximate surface area is 63.1 Å². The van der Waals surface area contributed by atoms with Crippen molar-refractivity contribution in [3.63, 3.8) is 0 Å². The van der Waals surface area contributed by atoms with Gasteiger partial charge in [0, 0.05) is 5.92 Å². The predicted octanol–water partition coefficient (Wildman–Crippen LogP) is 2.14. The minimum absolute atomic E-state index is 0.223. The number of aliphatic hydroxyl groups is 1. The lowest BCUT2D eigenvalue weighted by Crippen LogP contribution is -2.11. The van der Waals surface area contributed by atoms with E-state index in [0.29, 0.717) is 0 Å². The Morgan fingerprint density at radius 3 is 2.00 bits per heavy atom. The lowest BCUT2D eigenvalue weighted by Gasteiger charge is -2.09. The maximum absolute atomic E-state index is 9.31. The third-order valence-electron chi connectivity index (χ3n) is 1.42.